The minimum absolute atomic E-state index is 0.0251. The Morgan fingerprint density at radius 1 is 1.14 bits per heavy atom. The predicted octanol–water partition coefficient (Wildman–Crippen LogP) is 2.07. The van der Waals surface area contributed by atoms with Crippen LogP contribution in [-0.2, 0) is 0 Å². The third kappa shape index (κ3) is 4.29. The van der Waals surface area contributed by atoms with Crippen molar-refractivity contribution < 1.29 is 9.59 Å². The maximum absolute atomic E-state index is 11.7. The molecule has 1 aromatic carbocycles. The van der Waals surface area contributed by atoms with Gasteiger partial charge in [0.2, 0.25) is 0 Å². The summed E-state index contributed by atoms with van der Waals surface area (Å²) in [5.41, 5.74) is 1.82. The van der Waals surface area contributed by atoms with E-state index in [0.29, 0.717) is 11.3 Å². The van der Waals surface area contributed by atoms with Gasteiger partial charge in [0, 0.05) is 17.3 Å². The fourth-order valence-electron chi connectivity index (χ4n) is 1.65. The summed E-state index contributed by atoms with van der Waals surface area (Å²) >= 11 is 0. The van der Waals surface area contributed by atoms with Gasteiger partial charge in [-0.25, -0.2) is 0 Å². The molecule has 0 spiro atoms. The Hall–Kier alpha value is -2.93. The van der Waals surface area contributed by atoms with E-state index in [1.165, 1.54) is 6.92 Å². The van der Waals surface area contributed by atoms with Gasteiger partial charge in [0.1, 0.15) is 5.69 Å². The maximum Gasteiger partial charge on any atom is 0.270 e. The Kier molecular flexibility index (Phi) is 4.84. The second kappa shape index (κ2) is 7.01. The highest BCUT2D eigenvalue weighted by Gasteiger charge is 2.03. The van der Waals surface area contributed by atoms with Crippen LogP contribution in [0.5, 0.6) is 0 Å². The highest BCUT2D eigenvalue weighted by atomic mass is 16.1. The summed E-state index contributed by atoms with van der Waals surface area (Å²) in [5, 5.41) is 2.67. The Morgan fingerprint density at radius 3 is 2.52 bits per heavy atom. The number of benzene rings is 1. The summed E-state index contributed by atoms with van der Waals surface area (Å²) in [6.07, 6.45) is 1.57. The topological polar surface area (TPSA) is 59.1 Å². The number of hydrogen-bond acceptors (Lipinski definition) is 3. The zero-order valence-corrected chi connectivity index (χ0v) is 11.6. The predicted molar refractivity (Wildman–Crippen MR) is 79.9 cm³/mol. The van der Waals surface area contributed by atoms with Gasteiger partial charge in [-0.15, -0.1) is 0 Å². The molecule has 1 amide bonds. The van der Waals surface area contributed by atoms with E-state index in [1.54, 1.807) is 48.7 Å². The van der Waals surface area contributed by atoms with E-state index >= 15 is 0 Å². The molecule has 4 nitrogen and oxygen atoms in total. The van der Waals surface area contributed by atoms with Crippen molar-refractivity contribution in [3.63, 3.8) is 0 Å². The molecule has 1 N–H and O–H groups in total. The van der Waals surface area contributed by atoms with Crippen LogP contribution < -0.4 is 5.32 Å². The van der Waals surface area contributed by atoms with Gasteiger partial charge >= 0.3 is 0 Å². The van der Waals surface area contributed by atoms with E-state index in [9.17, 15) is 9.59 Å². The van der Waals surface area contributed by atoms with Crippen molar-refractivity contribution in [2.45, 2.75) is 6.92 Å². The molecule has 0 saturated heterocycles. The van der Waals surface area contributed by atoms with Crippen molar-refractivity contribution in [3.05, 3.63) is 65.5 Å². The van der Waals surface area contributed by atoms with Crippen LogP contribution in [0, 0.1) is 11.8 Å². The second-order valence-corrected chi connectivity index (χ2v) is 4.33. The number of hydrogen-bond donors (Lipinski definition) is 1. The molecule has 21 heavy (non-hydrogen) atoms. The molecule has 0 radical (unpaired) electrons. The number of aromatic nitrogens is 1. The summed E-state index contributed by atoms with van der Waals surface area (Å²) in [7, 11) is 0. The fraction of sp³-hybridized carbons (Fsp3) is 0.118. The lowest BCUT2D eigenvalue weighted by Crippen LogP contribution is -2.24. The molecule has 0 saturated carbocycles. The maximum atomic E-state index is 11.7. The van der Waals surface area contributed by atoms with Gasteiger partial charge in [-0.3, -0.25) is 14.6 Å². The quantitative estimate of drug-likeness (QED) is 0.690. The van der Waals surface area contributed by atoms with Gasteiger partial charge in [0.05, 0.1) is 6.54 Å². The van der Waals surface area contributed by atoms with Gasteiger partial charge < -0.3 is 5.32 Å². The molecule has 0 unspecified atom stereocenters. The number of carbonyl (C=O) groups excluding carboxylic acids is 2. The number of carbonyl (C=O) groups is 2. The lowest BCUT2D eigenvalue weighted by molar-refractivity contribution is 0.0952. The number of nitrogens with zero attached hydrogens (tertiary/aromatic N) is 1. The SMILES string of the molecule is CC(=O)c1ccc(C#CCNC(=O)c2ccccn2)cc1. The first-order chi connectivity index (χ1) is 10.2. The fourth-order valence-corrected chi connectivity index (χ4v) is 1.65. The molecule has 104 valence electrons. The molecule has 1 aromatic heterocycles. The minimum Gasteiger partial charge on any atom is -0.340 e. The van der Waals surface area contributed by atoms with Gasteiger partial charge in [-0.2, -0.15) is 0 Å². The smallest absolute Gasteiger partial charge is 0.270 e. The van der Waals surface area contributed by atoms with E-state index < -0.39 is 0 Å². The average molecular weight is 278 g/mol. The van der Waals surface area contributed by atoms with Crippen molar-refractivity contribution in [2.75, 3.05) is 6.54 Å². The molecule has 2 aromatic rings. The first kappa shape index (κ1) is 14.5. The number of pyridine rings is 1. The Bertz CT molecular complexity index is 695. The summed E-state index contributed by atoms with van der Waals surface area (Å²) < 4.78 is 0. The van der Waals surface area contributed by atoms with Crippen LogP contribution in [0.25, 0.3) is 0 Å². The number of rotatable bonds is 3. The lowest BCUT2D eigenvalue weighted by Gasteiger charge is -1.99. The number of Topliss-reactive ketones (excluding diaryl/α,β-unsaturated/α-hetero) is 1. The van der Waals surface area contributed by atoms with Gasteiger partial charge in [0.15, 0.2) is 5.78 Å². The molecule has 1 heterocycles. The van der Waals surface area contributed by atoms with Crippen molar-refractivity contribution in [3.8, 4) is 11.8 Å². The van der Waals surface area contributed by atoms with Crippen molar-refractivity contribution in [2.24, 2.45) is 0 Å². The Morgan fingerprint density at radius 2 is 1.90 bits per heavy atom. The number of nitrogens with one attached hydrogen (secondary N) is 1. The highest BCUT2D eigenvalue weighted by Crippen LogP contribution is 2.03. The monoisotopic (exact) mass is 278 g/mol. The van der Waals surface area contributed by atoms with Crippen LogP contribution in [0.15, 0.2) is 48.7 Å². The average Bonchev–Trinajstić information content (AvgIpc) is 2.52. The van der Waals surface area contributed by atoms with Crippen LogP contribution >= 0.6 is 0 Å². The van der Waals surface area contributed by atoms with Gasteiger partial charge in [-0.05, 0) is 31.2 Å². The molecule has 2 rings (SSSR count). The standard InChI is InChI=1S/C17H14N2O2/c1-13(20)15-9-7-14(8-10-15)5-4-12-19-17(21)16-6-2-3-11-18-16/h2-3,6-11H,12H2,1H3,(H,19,21). The van der Waals surface area contributed by atoms with Crippen LogP contribution in [0.4, 0.5) is 0 Å². The van der Waals surface area contributed by atoms with Gasteiger partial charge in [0.25, 0.3) is 5.91 Å². The molecule has 0 atom stereocenters. The number of ketones is 1. The van der Waals surface area contributed by atoms with E-state index in [1.807, 2.05) is 0 Å². The third-order valence-electron chi connectivity index (χ3n) is 2.76. The zero-order valence-electron chi connectivity index (χ0n) is 11.6. The summed E-state index contributed by atoms with van der Waals surface area (Å²) in [6.45, 7) is 1.76. The lowest BCUT2D eigenvalue weighted by atomic mass is 10.1. The first-order valence-electron chi connectivity index (χ1n) is 6.46. The Labute approximate surface area is 123 Å². The second-order valence-electron chi connectivity index (χ2n) is 4.33. The highest BCUT2D eigenvalue weighted by molar-refractivity contribution is 5.94. The molecule has 0 bridgehead atoms. The van der Waals surface area contributed by atoms with Crippen molar-refractivity contribution in [1.82, 2.24) is 10.3 Å². The largest absolute Gasteiger partial charge is 0.340 e. The van der Waals surface area contributed by atoms with E-state index in [0.717, 1.165) is 5.56 Å². The molecule has 0 fully saturated rings. The molecular formula is C17H14N2O2. The summed E-state index contributed by atoms with van der Waals surface area (Å²) in [6, 6.07) is 12.2. The van der Waals surface area contributed by atoms with Crippen LogP contribution in [0.3, 0.4) is 0 Å². The number of amides is 1. The molecule has 4 heteroatoms. The normalized spacial score (nSPS) is 9.38. The zero-order chi connectivity index (χ0) is 15.1. The first-order valence-corrected chi connectivity index (χ1v) is 6.46. The van der Waals surface area contributed by atoms with Crippen LogP contribution in [0.2, 0.25) is 0 Å². The van der Waals surface area contributed by atoms with Crippen LogP contribution in [0.1, 0.15) is 33.3 Å². The van der Waals surface area contributed by atoms with Crippen molar-refractivity contribution >= 4 is 11.7 Å². The van der Waals surface area contributed by atoms with E-state index in [-0.39, 0.29) is 18.2 Å². The van der Waals surface area contributed by atoms with Crippen molar-refractivity contribution in [1.29, 1.82) is 0 Å². The van der Waals surface area contributed by atoms with Gasteiger partial charge in [-0.1, -0.05) is 30.0 Å². The van der Waals surface area contributed by atoms with E-state index in [4.69, 9.17) is 0 Å². The molecule has 0 aliphatic heterocycles. The minimum atomic E-state index is -0.253. The summed E-state index contributed by atoms with van der Waals surface area (Å²) in [5.74, 6) is 5.55. The summed E-state index contributed by atoms with van der Waals surface area (Å²) in [4.78, 5) is 26.8. The molecular weight excluding hydrogens is 264 g/mol. The third-order valence-corrected chi connectivity index (χ3v) is 2.76. The van der Waals surface area contributed by atoms with Crippen LogP contribution in [-0.4, -0.2) is 23.2 Å². The van der Waals surface area contributed by atoms with E-state index in [2.05, 4.69) is 22.1 Å². The molecule has 0 aliphatic carbocycles. The molecule has 0 aliphatic rings. The Balaban J connectivity index is 1.89.